The van der Waals surface area contributed by atoms with Crippen LogP contribution in [0.4, 0.5) is 0 Å². The molecule has 3 nitrogen and oxygen atoms in total. The Kier molecular flexibility index (Phi) is 2.65. The van der Waals surface area contributed by atoms with Gasteiger partial charge in [-0.25, -0.2) is 9.97 Å². The molecule has 0 atom stereocenters. The van der Waals surface area contributed by atoms with E-state index in [0.29, 0.717) is 5.95 Å². The van der Waals surface area contributed by atoms with Crippen molar-refractivity contribution in [3.63, 3.8) is 0 Å². The first kappa shape index (κ1) is 15.6. The molecule has 0 N–H and O–H groups in total. The summed E-state index contributed by atoms with van der Waals surface area (Å²) in [4.78, 5) is 9.22. The summed E-state index contributed by atoms with van der Waals surface area (Å²) in [5.41, 5.74) is 4.91. The molecule has 0 unspecified atom stereocenters. The predicted octanol–water partition coefficient (Wildman–Crippen LogP) is 7.01. The lowest BCUT2D eigenvalue weighted by Crippen LogP contribution is -1.99. The molecule has 1 aliphatic rings. The molecule has 0 aliphatic heterocycles. The smallest absolute Gasteiger partial charge is 0.234 e. The Bertz CT molecular complexity index is 1880. The molecule has 1 aliphatic carbocycles. The lowest BCUT2D eigenvalue weighted by molar-refractivity contribution is 0.989. The van der Waals surface area contributed by atoms with E-state index in [4.69, 9.17) is 0 Å². The molecule has 0 saturated carbocycles. The monoisotopic (exact) mass is 393 g/mol. The predicted molar refractivity (Wildman–Crippen MR) is 128 cm³/mol. The van der Waals surface area contributed by atoms with Gasteiger partial charge in [0.15, 0.2) is 0 Å². The van der Waals surface area contributed by atoms with E-state index in [2.05, 4.69) is 87.3 Å². The highest BCUT2D eigenvalue weighted by Crippen LogP contribution is 2.49. The van der Waals surface area contributed by atoms with Gasteiger partial charge in [-0.1, -0.05) is 60.7 Å². The standard InChI is InChI=1S/C28H15N3/c1-4-16-8-9-18-11-13-22-27-25(18)23(16)19(6-1)20-7-2-5-17-10-12-21(26(27)24(17)20)31(22)28-29-14-3-15-30-28/h1-15H. The maximum atomic E-state index is 4.61. The molecule has 3 heteroatoms. The third kappa shape index (κ3) is 1.77. The summed E-state index contributed by atoms with van der Waals surface area (Å²) in [7, 11) is 0. The number of hydrogen-bond acceptors (Lipinski definition) is 2. The van der Waals surface area contributed by atoms with Crippen LogP contribution in [0, 0.1) is 0 Å². The molecule has 5 aromatic carbocycles. The van der Waals surface area contributed by atoms with E-state index in [1.54, 1.807) is 0 Å². The Morgan fingerprint density at radius 3 is 1.61 bits per heavy atom. The van der Waals surface area contributed by atoms with Gasteiger partial charge in [-0.2, -0.15) is 0 Å². The van der Waals surface area contributed by atoms with Gasteiger partial charge in [0.05, 0.1) is 11.0 Å². The fraction of sp³-hybridized carbons (Fsp3) is 0. The van der Waals surface area contributed by atoms with Gasteiger partial charge in [-0.05, 0) is 56.3 Å². The van der Waals surface area contributed by atoms with E-state index in [-0.39, 0.29) is 0 Å². The van der Waals surface area contributed by atoms with E-state index in [0.717, 1.165) is 11.0 Å². The minimum Gasteiger partial charge on any atom is -0.278 e. The highest BCUT2D eigenvalue weighted by atomic mass is 15.1. The Morgan fingerprint density at radius 2 is 0.968 bits per heavy atom. The molecule has 7 aromatic rings. The molecule has 31 heavy (non-hydrogen) atoms. The molecule has 0 radical (unpaired) electrons. The van der Waals surface area contributed by atoms with Crippen molar-refractivity contribution in [3.05, 3.63) is 91.3 Å². The zero-order chi connectivity index (χ0) is 20.1. The first-order chi connectivity index (χ1) is 15.4. The van der Waals surface area contributed by atoms with Crippen molar-refractivity contribution in [2.75, 3.05) is 0 Å². The second-order valence-corrected chi connectivity index (χ2v) is 8.27. The van der Waals surface area contributed by atoms with Gasteiger partial charge >= 0.3 is 0 Å². The Labute approximate surface area is 177 Å². The summed E-state index contributed by atoms with van der Waals surface area (Å²) in [6.07, 6.45) is 3.62. The minimum atomic E-state index is 0.708. The molecule has 0 amide bonds. The third-order valence-corrected chi connectivity index (χ3v) is 6.80. The van der Waals surface area contributed by atoms with Crippen LogP contribution in [0.5, 0.6) is 0 Å². The Morgan fingerprint density at radius 1 is 0.452 bits per heavy atom. The number of hydrogen-bond donors (Lipinski definition) is 0. The molecule has 8 rings (SSSR count). The quantitative estimate of drug-likeness (QED) is 0.281. The van der Waals surface area contributed by atoms with E-state index in [1.165, 1.54) is 54.2 Å². The molecular formula is C28H15N3. The third-order valence-electron chi connectivity index (χ3n) is 6.80. The van der Waals surface area contributed by atoms with Crippen molar-refractivity contribution in [3.8, 4) is 17.1 Å². The summed E-state index contributed by atoms with van der Waals surface area (Å²) in [5.74, 6) is 0.708. The lowest BCUT2D eigenvalue weighted by Gasteiger charge is -2.13. The highest BCUT2D eigenvalue weighted by molar-refractivity contribution is 6.38. The summed E-state index contributed by atoms with van der Waals surface area (Å²) in [6.45, 7) is 0. The van der Waals surface area contributed by atoms with Gasteiger partial charge < -0.3 is 0 Å². The SMILES string of the molecule is c1cnc(-n2c3ccc4cccc5c4c3c3c4c(ccc6cccc-5c64)ccc32)nc1. The summed E-state index contributed by atoms with van der Waals surface area (Å²) >= 11 is 0. The van der Waals surface area contributed by atoms with Crippen LogP contribution in [0.25, 0.3) is 71.2 Å². The van der Waals surface area contributed by atoms with Gasteiger partial charge in [-0.15, -0.1) is 0 Å². The normalized spacial score (nSPS) is 12.5. The molecule has 0 saturated heterocycles. The van der Waals surface area contributed by atoms with Crippen molar-refractivity contribution in [1.82, 2.24) is 14.5 Å². The first-order valence-electron chi connectivity index (χ1n) is 10.5. The highest BCUT2D eigenvalue weighted by Gasteiger charge is 2.24. The van der Waals surface area contributed by atoms with Crippen LogP contribution in [0.2, 0.25) is 0 Å². The summed E-state index contributed by atoms with van der Waals surface area (Å²) in [5, 5.41) is 10.4. The molecule has 2 heterocycles. The minimum absolute atomic E-state index is 0.708. The maximum absolute atomic E-state index is 4.61. The van der Waals surface area contributed by atoms with Gasteiger partial charge in [0.2, 0.25) is 5.95 Å². The fourth-order valence-electron chi connectivity index (χ4n) is 5.63. The number of benzene rings is 5. The van der Waals surface area contributed by atoms with Crippen LogP contribution in [-0.2, 0) is 0 Å². The molecule has 142 valence electrons. The van der Waals surface area contributed by atoms with E-state index < -0.39 is 0 Å². The molecular weight excluding hydrogens is 378 g/mol. The first-order valence-corrected chi connectivity index (χ1v) is 10.5. The molecule has 0 fully saturated rings. The topological polar surface area (TPSA) is 30.7 Å². The number of rotatable bonds is 1. The summed E-state index contributed by atoms with van der Waals surface area (Å²) in [6, 6.07) is 28.6. The molecule has 0 bridgehead atoms. The fourth-order valence-corrected chi connectivity index (χ4v) is 5.63. The van der Waals surface area contributed by atoms with Crippen molar-refractivity contribution in [2.45, 2.75) is 0 Å². The van der Waals surface area contributed by atoms with Crippen molar-refractivity contribution >= 4 is 54.1 Å². The van der Waals surface area contributed by atoms with Crippen LogP contribution in [0.1, 0.15) is 0 Å². The van der Waals surface area contributed by atoms with Crippen LogP contribution >= 0.6 is 0 Å². The van der Waals surface area contributed by atoms with Gasteiger partial charge in [-0.3, -0.25) is 4.57 Å². The van der Waals surface area contributed by atoms with E-state index >= 15 is 0 Å². The Balaban J connectivity index is 1.82. The lowest BCUT2D eigenvalue weighted by atomic mass is 9.93. The number of aromatic nitrogens is 3. The van der Waals surface area contributed by atoms with Gasteiger partial charge in [0.1, 0.15) is 0 Å². The van der Waals surface area contributed by atoms with Gasteiger partial charge in [0.25, 0.3) is 0 Å². The second kappa shape index (κ2) is 5.27. The van der Waals surface area contributed by atoms with Crippen molar-refractivity contribution < 1.29 is 0 Å². The second-order valence-electron chi connectivity index (χ2n) is 8.27. The molecule has 0 spiro atoms. The van der Waals surface area contributed by atoms with E-state index in [1.807, 2.05) is 18.5 Å². The number of fused-ring (bicyclic) bond motifs is 1. The van der Waals surface area contributed by atoms with Crippen LogP contribution in [0.15, 0.2) is 91.3 Å². The zero-order valence-electron chi connectivity index (χ0n) is 16.5. The van der Waals surface area contributed by atoms with Crippen LogP contribution in [0.3, 0.4) is 0 Å². The van der Waals surface area contributed by atoms with Crippen LogP contribution < -0.4 is 0 Å². The zero-order valence-corrected chi connectivity index (χ0v) is 16.5. The van der Waals surface area contributed by atoms with Crippen molar-refractivity contribution in [2.24, 2.45) is 0 Å². The average molecular weight is 393 g/mol. The molecule has 2 aromatic heterocycles. The van der Waals surface area contributed by atoms with Crippen molar-refractivity contribution in [1.29, 1.82) is 0 Å². The van der Waals surface area contributed by atoms with Crippen LogP contribution in [-0.4, -0.2) is 14.5 Å². The maximum Gasteiger partial charge on any atom is 0.234 e. The van der Waals surface area contributed by atoms with Gasteiger partial charge in [0, 0.05) is 28.6 Å². The average Bonchev–Trinajstić information content (AvgIpc) is 3.11. The Hall–Kier alpha value is -4.24. The van der Waals surface area contributed by atoms with E-state index in [9.17, 15) is 0 Å². The summed E-state index contributed by atoms with van der Waals surface area (Å²) < 4.78 is 2.22. The number of nitrogens with zero attached hydrogens (tertiary/aromatic N) is 3. The largest absolute Gasteiger partial charge is 0.278 e.